The van der Waals surface area contributed by atoms with Crippen molar-refractivity contribution in [2.45, 2.75) is 44.6 Å². The predicted molar refractivity (Wildman–Crippen MR) is 104 cm³/mol. The number of fused-ring (bicyclic) bond motifs is 2. The van der Waals surface area contributed by atoms with Gasteiger partial charge in [-0.25, -0.2) is 0 Å². The molecule has 0 bridgehead atoms. The second kappa shape index (κ2) is 7.26. The van der Waals surface area contributed by atoms with E-state index >= 15 is 0 Å². The van der Waals surface area contributed by atoms with Gasteiger partial charge < -0.3 is 25.8 Å². The van der Waals surface area contributed by atoms with Gasteiger partial charge in [0, 0.05) is 17.2 Å². The second-order valence-electron chi connectivity index (χ2n) is 7.93. The van der Waals surface area contributed by atoms with Crippen LogP contribution in [0, 0.1) is 5.92 Å². The zero-order valence-electron chi connectivity index (χ0n) is 16.0. The smallest absolute Gasteiger partial charge is 0.201 e. The molecule has 152 valence electrons. The van der Waals surface area contributed by atoms with Crippen molar-refractivity contribution in [3.8, 4) is 11.5 Å². The molecule has 0 radical (unpaired) electrons. The Labute approximate surface area is 167 Å². The number of phenols is 2. The highest BCUT2D eigenvalue weighted by Gasteiger charge is 2.35. The molecule has 4 atom stereocenters. The quantitative estimate of drug-likeness (QED) is 0.531. The first-order valence-electron chi connectivity index (χ1n) is 9.60. The lowest BCUT2D eigenvalue weighted by molar-refractivity contribution is -0.0458. The minimum absolute atomic E-state index is 0.0177. The second-order valence-corrected chi connectivity index (χ2v) is 7.93. The highest BCUT2D eigenvalue weighted by molar-refractivity contribution is 6.30. The standard InChI is InChI=1S/C22H23NO6/c1-10-5-12(8-15(23)20(10)26)29-9-11-6-14-19(17(25)7-11)22(28)18-13(21(14)27)3-2-4-16(18)24/h2-4,6-7,10,12,15,20,24-26H,5,8-9,23H2,1H3/t10?,12-,15-,20+/m1/s1. The first-order chi connectivity index (χ1) is 13.8. The van der Waals surface area contributed by atoms with Gasteiger partial charge in [-0.2, -0.15) is 0 Å². The Hall–Kier alpha value is -2.74. The molecule has 29 heavy (non-hydrogen) atoms. The molecule has 0 aromatic heterocycles. The third-order valence-electron chi connectivity index (χ3n) is 5.84. The summed E-state index contributed by atoms with van der Waals surface area (Å²) in [4.78, 5) is 25.7. The number of rotatable bonds is 3. The zero-order valence-corrected chi connectivity index (χ0v) is 16.0. The summed E-state index contributed by atoms with van der Waals surface area (Å²) in [5, 5.41) is 30.4. The van der Waals surface area contributed by atoms with Crippen molar-refractivity contribution in [1.29, 1.82) is 0 Å². The Morgan fingerprint density at radius 2 is 1.76 bits per heavy atom. The molecule has 2 aromatic carbocycles. The molecule has 5 N–H and O–H groups in total. The van der Waals surface area contributed by atoms with Gasteiger partial charge in [0.2, 0.25) is 5.78 Å². The number of aliphatic hydroxyl groups is 1. The summed E-state index contributed by atoms with van der Waals surface area (Å²) >= 11 is 0. The van der Waals surface area contributed by atoms with E-state index in [1.807, 2.05) is 6.92 Å². The lowest BCUT2D eigenvalue weighted by Crippen LogP contribution is -2.47. The van der Waals surface area contributed by atoms with Crippen molar-refractivity contribution in [2.75, 3.05) is 0 Å². The van der Waals surface area contributed by atoms with Crippen LogP contribution in [0.1, 0.15) is 57.2 Å². The van der Waals surface area contributed by atoms with Crippen molar-refractivity contribution >= 4 is 11.6 Å². The SMILES string of the molecule is CC1C[C@@H](OCc2cc(O)c3c(c2)C(=O)c2cccc(O)c2C3=O)C[C@@H](N)[C@H]1O. The van der Waals surface area contributed by atoms with Gasteiger partial charge in [-0.3, -0.25) is 9.59 Å². The summed E-state index contributed by atoms with van der Waals surface area (Å²) in [6, 6.07) is 6.90. The minimum Gasteiger partial charge on any atom is -0.507 e. The molecule has 1 unspecified atom stereocenters. The summed E-state index contributed by atoms with van der Waals surface area (Å²) in [5.74, 6) is -1.61. The summed E-state index contributed by atoms with van der Waals surface area (Å²) in [7, 11) is 0. The van der Waals surface area contributed by atoms with Gasteiger partial charge in [-0.05, 0) is 42.5 Å². The molecule has 2 aliphatic carbocycles. The fraction of sp³-hybridized carbons (Fsp3) is 0.364. The van der Waals surface area contributed by atoms with E-state index in [-0.39, 0.29) is 58.4 Å². The van der Waals surface area contributed by atoms with Crippen LogP contribution in [0.15, 0.2) is 30.3 Å². The maximum absolute atomic E-state index is 12.9. The van der Waals surface area contributed by atoms with Crippen molar-refractivity contribution in [3.05, 3.63) is 58.1 Å². The van der Waals surface area contributed by atoms with E-state index in [2.05, 4.69) is 0 Å². The molecule has 4 rings (SSSR count). The third-order valence-corrected chi connectivity index (χ3v) is 5.84. The van der Waals surface area contributed by atoms with Crippen LogP contribution < -0.4 is 5.73 Å². The average Bonchev–Trinajstić information content (AvgIpc) is 2.68. The molecule has 0 heterocycles. The number of benzene rings is 2. The minimum atomic E-state index is -0.585. The van der Waals surface area contributed by atoms with Crippen LogP contribution in [0.3, 0.4) is 0 Å². The monoisotopic (exact) mass is 397 g/mol. The fourth-order valence-electron chi connectivity index (χ4n) is 4.29. The molecular formula is C22H23NO6. The van der Waals surface area contributed by atoms with Crippen molar-refractivity contribution in [2.24, 2.45) is 11.7 Å². The molecule has 1 saturated carbocycles. The van der Waals surface area contributed by atoms with Gasteiger partial charge in [0.1, 0.15) is 11.5 Å². The van der Waals surface area contributed by atoms with E-state index in [1.165, 1.54) is 24.3 Å². The Morgan fingerprint density at radius 3 is 2.48 bits per heavy atom. The molecular weight excluding hydrogens is 374 g/mol. The molecule has 7 heteroatoms. The Bertz CT molecular complexity index is 989. The molecule has 2 aromatic rings. The van der Waals surface area contributed by atoms with Crippen LogP contribution in [0.5, 0.6) is 11.5 Å². The maximum atomic E-state index is 12.9. The Balaban J connectivity index is 1.60. The predicted octanol–water partition coefficient (Wildman–Crippen LogP) is 1.88. The molecule has 1 fully saturated rings. The van der Waals surface area contributed by atoms with E-state index in [9.17, 15) is 24.9 Å². The fourth-order valence-corrected chi connectivity index (χ4v) is 4.29. The molecule has 7 nitrogen and oxygen atoms in total. The highest BCUT2D eigenvalue weighted by Crippen LogP contribution is 2.37. The van der Waals surface area contributed by atoms with Gasteiger partial charge in [0.05, 0.1) is 29.9 Å². The average molecular weight is 397 g/mol. The number of aliphatic hydroxyl groups excluding tert-OH is 1. The van der Waals surface area contributed by atoms with Crippen molar-refractivity contribution < 1.29 is 29.6 Å². The number of aromatic hydroxyl groups is 2. The van der Waals surface area contributed by atoms with E-state index in [0.29, 0.717) is 18.4 Å². The summed E-state index contributed by atoms with van der Waals surface area (Å²) in [6.07, 6.45) is 0.488. The number of ether oxygens (including phenoxy) is 1. The van der Waals surface area contributed by atoms with Crippen LogP contribution in [0.25, 0.3) is 0 Å². The van der Waals surface area contributed by atoms with Crippen molar-refractivity contribution in [1.82, 2.24) is 0 Å². The van der Waals surface area contributed by atoms with E-state index < -0.39 is 17.7 Å². The van der Waals surface area contributed by atoms with Gasteiger partial charge in [-0.1, -0.05) is 19.1 Å². The van der Waals surface area contributed by atoms with E-state index in [1.54, 1.807) is 6.07 Å². The normalized spacial score (nSPS) is 26.2. The van der Waals surface area contributed by atoms with Gasteiger partial charge >= 0.3 is 0 Å². The molecule has 0 spiro atoms. The molecule has 2 aliphatic rings. The van der Waals surface area contributed by atoms with Crippen LogP contribution in [-0.2, 0) is 11.3 Å². The molecule has 0 saturated heterocycles. The van der Waals surface area contributed by atoms with Crippen LogP contribution >= 0.6 is 0 Å². The highest BCUT2D eigenvalue weighted by atomic mass is 16.5. The third kappa shape index (κ3) is 3.31. The zero-order chi connectivity index (χ0) is 20.9. The number of phenolic OH excluding ortho intramolecular Hbond substituents is 2. The summed E-state index contributed by atoms with van der Waals surface area (Å²) in [5.41, 5.74) is 6.52. The Kier molecular flexibility index (Phi) is 4.90. The summed E-state index contributed by atoms with van der Waals surface area (Å²) in [6.45, 7) is 2.05. The lowest BCUT2D eigenvalue weighted by atomic mass is 9.82. The topological polar surface area (TPSA) is 130 Å². The number of ketones is 2. The van der Waals surface area contributed by atoms with Crippen LogP contribution in [-0.4, -0.2) is 45.1 Å². The number of hydrogen-bond acceptors (Lipinski definition) is 7. The largest absolute Gasteiger partial charge is 0.507 e. The molecule has 0 amide bonds. The van der Waals surface area contributed by atoms with E-state index in [0.717, 1.165) is 0 Å². The number of nitrogens with two attached hydrogens (primary N) is 1. The van der Waals surface area contributed by atoms with E-state index in [4.69, 9.17) is 10.5 Å². The Morgan fingerprint density at radius 1 is 1.03 bits per heavy atom. The molecule has 0 aliphatic heterocycles. The van der Waals surface area contributed by atoms with Gasteiger partial charge in [-0.15, -0.1) is 0 Å². The first kappa shape index (κ1) is 19.6. The van der Waals surface area contributed by atoms with Crippen molar-refractivity contribution in [3.63, 3.8) is 0 Å². The first-order valence-corrected chi connectivity index (χ1v) is 9.60. The maximum Gasteiger partial charge on any atom is 0.201 e. The lowest BCUT2D eigenvalue weighted by Gasteiger charge is -2.35. The number of carbonyl (C=O) groups excluding carboxylic acids is 2. The van der Waals surface area contributed by atoms with Gasteiger partial charge in [0.25, 0.3) is 0 Å². The van der Waals surface area contributed by atoms with Crippen LogP contribution in [0.2, 0.25) is 0 Å². The number of carbonyl (C=O) groups is 2. The number of hydrogen-bond donors (Lipinski definition) is 4. The summed E-state index contributed by atoms with van der Waals surface area (Å²) < 4.78 is 5.92. The van der Waals surface area contributed by atoms with Gasteiger partial charge in [0.15, 0.2) is 5.78 Å². The van der Waals surface area contributed by atoms with Crippen LogP contribution in [0.4, 0.5) is 0 Å².